The number of nitrogens with one attached hydrogen (secondary N) is 1. The van der Waals surface area contributed by atoms with E-state index in [4.69, 9.17) is 4.74 Å². The molecule has 1 amide bonds. The average Bonchev–Trinajstić information content (AvgIpc) is 3.43. The molecule has 2 aromatic heterocycles. The number of benzene rings is 1. The van der Waals surface area contributed by atoms with Gasteiger partial charge in [-0.2, -0.15) is 10.2 Å². The van der Waals surface area contributed by atoms with Crippen LogP contribution in [0.2, 0.25) is 0 Å². The predicted molar refractivity (Wildman–Crippen MR) is 133 cm³/mol. The Balaban J connectivity index is 0.00000289. The van der Waals surface area contributed by atoms with Gasteiger partial charge in [0.1, 0.15) is 12.3 Å². The number of carbonyl (C=O) groups is 1. The molecular formula is C21H27IN8O2. The van der Waals surface area contributed by atoms with Crippen molar-refractivity contribution in [2.75, 3.05) is 38.7 Å². The maximum absolute atomic E-state index is 12.7. The molecule has 0 unspecified atom stereocenters. The highest BCUT2D eigenvalue weighted by atomic mass is 127. The van der Waals surface area contributed by atoms with Gasteiger partial charge in [0.15, 0.2) is 5.96 Å². The van der Waals surface area contributed by atoms with Crippen LogP contribution in [0.5, 0.6) is 5.75 Å². The molecule has 0 radical (unpaired) electrons. The van der Waals surface area contributed by atoms with Gasteiger partial charge in [0, 0.05) is 39.6 Å². The molecule has 1 fully saturated rings. The van der Waals surface area contributed by atoms with E-state index in [2.05, 4.69) is 20.5 Å². The first-order chi connectivity index (χ1) is 15.1. The van der Waals surface area contributed by atoms with Crippen molar-refractivity contribution in [2.24, 2.45) is 12.0 Å². The molecular weight excluding hydrogens is 523 g/mol. The molecule has 0 saturated carbocycles. The van der Waals surface area contributed by atoms with Crippen molar-refractivity contribution in [3.63, 3.8) is 0 Å². The minimum atomic E-state index is 0. The van der Waals surface area contributed by atoms with E-state index in [0.29, 0.717) is 25.6 Å². The quantitative estimate of drug-likeness (QED) is 0.295. The van der Waals surface area contributed by atoms with E-state index in [1.807, 2.05) is 59.4 Å². The first kappa shape index (κ1) is 23.6. The molecule has 170 valence electrons. The first-order valence-electron chi connectivity index (χ1n) is 10.0. The Labute approximate surface area is 203 Å². The van der Waals surface area contributed by atoms with Crippen LogP contribution in [0.3, 0.4) is 0 Å². The maximum Gasteiger partial charge on any atom is 0.246 e. The van der Waals surface area contributed by atoms with Crippen LogP contribution in [0.4, 0.5) is 5.69 Å². The second-order valence-electron chi connectivity index (χ2n) is 7.19. The number of carbonyl (C=O) groups excluding carboxylic acids is 1. The molecule has 3 aromatic rings. The number of halogens is 1. The molecule has 0 aliphatic carbocycles. The van der Waals surface area contributed by atoms with E-state index in [1.165, 1.54) is 0 Å². The maximum atomic E-state index is 12.7. The SMILES string of the molecule is CN=C(NCc1ccn(-c2ccc(OC)cc2)n1)N1CCN(c2cnn(C)c2)C(=O)C1.I. The van der Waals surface area contributed by atoms with Crippen molar-refractivity contribution in [1.29, 1.82) is 0 Å². The number of rotatable bonds is 5. The van der Waals surface area contributed by atoms with E-state index in [-0.39, 0.29) is 36.4 Å². The van der Waals surface area contributed by atoms with Crippen LogP contribution < -0.4 is 15.0 Å². The molecule has 0 spiro atoms. The van der Waals surface area contributed by atoms with Crippen molar-refractivity contribution in [3.8, 4) is 11.4 Å². The van der Waals surface area contributed by atoms with Gasteiger partial charge in [0.05, 0.1) is 36.9 Å². The predicted octanol–water partition coefficient (Wildman–Crippen LogP) is 1.66. The van der Waals surface area contributed by atoms with Crippen molar-refractivity contribution in [3.05, 3.63) is 54.6 Å². The lowest BCUT2D eigenvalue weighted by molar-refractivity contribution is -0.120. The number of aliphatic imine (C=N–C) groups is 1. The summed E-state index contributed by atoms with van der Waals surface area (Å²) in [4.78, 5) is 20.7. The van der Waals surface area contributed by atoms with Crippen molar-refractivity contribution in [2.45, 2.75) is 6.54 Å². The van der Waals surface area contributed by atoms with Crippen molar-refractivity contribution in [1.82, 2.24) is 29.8 Å². The third kappa shape index (κ3) is 5.21. The van der Waals surface area contributed by atoms with Gasteiger partial charge < -0.3 is 19.9 Å². The highest BCUT2D eigenvalue weighted by Gasteiger charge is 2.27. The number of methoxy groups -OCH3 is 1. The van der Waals surface area contributed by atoms with Crippen LogP contribution in [-0.2, 0) is 18.4 Å². The number of hydrogen-bond donors (Lipinski definition) is 1. The summed E-state index contributed by atoms with van der Waals surface area (Å²) in [6.45, 7) is 2.03. The Morgan fingerprint density at radius 2 is 1.97 bits per heavy atom. The zero-order valence-corrected chi connectivity index (χ0v) is 20.6. The number of ether oxygens (including phenoxy) is 1. The van der Waals surface area contributed by atoms with Gasteiger partial charge in [0.2, 0.25) is 5.91 Å². The summed E-state index contributed by atoms with van der Waals surface area (Å²) in [5.41, 5.74) is 2.64. The summed E-state index contributed by atoms with van der Waals surface area (Å²) in [5, 5.41) is 12.1. The fourth-order valence-electron chi connectivity index (χ4n) is 3.51. The number of piperazine rings is 1. The average molecular weight is 550 g/mol. The Morgan fingerprint density at radius 3 is 2.59 bits per heavy atom. The number of nitrogens with zero attached hydrogens (tertiary/aromatic N) is 7. The number of aromatic nitrogens is 4. The number of amides is 1. The first-order valence-corrected chi connectivity index (χ1v) is 10.0. The van der Waals surface area contributed by atoms with Crippen LogP contribution >= 0.6 is 24.0 Å². The van der Waals surface area contributed by atoms with E-state index < -0.39 is 0 Å². The molecule has 4 rings (SSSR count). The number of aryl methyl sites for hydroxylation is 1. The molecule has 1 aliphatic heterocycles. The summed E-state index contributed by atoms with van der Waals surface area (Å²) >= 11 is 0. The topological polar surface area (TPSA) is 92.8 Å². The summed E-state index contributed by atoms with van der Waals surface area (Å²) in [6, 6.07) is 9.67. The fourth-order valence-corrected chi connectivity index (χ4v) is 3.51. The standard InChI is InChI=1S/C21H26N8O2.HI/c1-22-21(27-10-11-28(20(30)15-27)18-13-24-26(2)14-18)23-12-16-8-9-29(25-16)17-4-6-19(31-3)7-5-17;/h4-9,13-14H,10-12,15H2,1-3H3,(H,22,23);1H. The highest BCUT2D eigenvalue weighted by molar-refractivity contribution is 14.0. The Kier molecular flexibility index (Phi) is 7.72. The smallest absolute Gasteiger partial charge is 0.246 e. The van der Waals surface area contributed by atoms with Crippen LogP contribution in [-0.4, -0.2) is 70.1 Å². The van der Waals surface area contributed by atoms with Crippen LogP contribution in [0, 0.1) is 0 Å². The molecule has 32 heavy (non-hydrogen) atoms. The minimum Gasteiger partial charge on any atom is -0.497 e. The monoisotopic (exact) mass is 550 g/mol. The van der Waals surface area contributed by atoms with E-state index >= 15 is 0 Å². The Hall–Kier alpha value is -3.09. The Morgan fingerprint density at radius 1 is 1.19 bits per heavy atom. The van der Waals surface area contributed by atoms with Gasteiger partial charge in [-0.25, -0.2) is 4.68 Å². The lowest BCUT2D eigenvalue weighted by Crippen LogP contribution is -2.55. The molecule has 1 aliphatic rings. The van der Waals surface area contributed by atoms with Crippen LogP contribution in [0.1, 0.15) is 5.69 Å². The zero-order chi connectivity index (χ0) is 21.8. The van der Waals surface area contributed by atoms with E-state index in [9.17, 15) is 4.79 Å². The van der Waals surface area contributed by atoms with Gasteiger partial charge in [-0.15, -0.1) is 24.0 Å². The fraction of sp³-hybridized carbons (Fsp3) is 0.333. The van der Waals surface area contributed by atoms with Crippen LogP contribution in [0.25, 0.3) is 5.69 Å². The van der Waals surface area contributed by atoms with Gasteiger partial charge in [-0.05, 0) is 30.3 Å². The molecule has 1 aromatic carbocycles. The number of hydrogen-bond acceptors (Lipinski definition) is 5. The largest absolute Gasteiger partial charge is 0.497 e. The van der Waals surface area contributed by atoms with E-state index in [1.54, 1.807) is 29.9 Å². The normalized spacial score (nSPS) is 14.3. The molecule has 1 N–H and O–H groups in total. The highest BCUT2D eigenvalue weighted by Crippen LogP contribution is 2.17. The summed E-state index contributed by atoms with van der Waals surface area (Å²) in [7, 11) is 5.20. The zero-order valence-electron chi connectivity index (χ0n) is 18.3. The van der Waals surface area contributed by atoms with Gasteiger partial charge in [-0.1, -0.05) is 0 Å². The van der Waals surface area contributed by atoms with E-state index in [0.717, 1.165) is 22.8 Å². The molecule has 11 heteroatoms. The second-order valence-corrected chi connectivity index (χ2v) is 7.19. The van der Waals surface area contributed by atoms with Crippen LogP contribution in [0.15, 0.2) is 53.9 Å². The van der Waals surface area contributed by atoms with Gasteiger partial charge in [0.25, 0.3) is 0 Å². The lowest BCUT2D eigenvalue weighted by Gasteiger charge is -2.35. The number of anilines is 1. The van der Waals surface area contributed by atoms with Crippen molar-refractivity contribution < 1.29 is 9.53 Å². The minimum absolute atomic E-state index is 0. The molecule has 10 nitrogen and oxygen atoms in total. The molecule has 0 atom stereocenters. The van der Waals surface area contributed by atoms with Crippen molar-refractivity contribution >= 4 is 41.5 Å². The summed E-state index contributed by atoms with van der Waals surface area (Å²) < 4.78 is 8.71. The number of guanidine groups is 1. The third-order valence-electron chi connectivity index (χ3n) is 5.14. The molecule has 0 bridgehead atoms. The second kappa shape index (κ2) is 10.5. The third-order valence-corrected chi connectivity index (χ3v) is 5.14. The summed E-state index contributed by atoms with van der Waals surface area (Å²) in [5.74, 6) is 1.50. The Bertz CT molecular complexity index is 1080. The lowest BCUT2D eigenvalue weighted by atomic mass is 10.3. The van der Waals surface area contributed by atoms with Gasteiger partial charge in [-0.3, -0.25) is 14.5 Å². The van der Waals surface area contributed by atoms with Gasteiger partial charge >= 0.3 is 0 Å². The molecule has 3 heterocycles. The molecule has 1 saturated heterocycles. The summed E-state index contributed by atoms with van der Waals surface area (Å²) in [6.07, 6.45) is 5.47.